The van der Waals surface area contributed by atoms with Crippen LogP contribution >= 0.6 is 45.1 Å². The molecule has 0 atom stereocenters. The van der Waals surface area contributed by atoms with Crippen LogP contribution in [-0.4, -0.2) is 8.42 Å². The van der Waals surface area contributed by atoms with E-state index in [4.69, 9.17) is 38.4 Å². The van der Waals surface area contributed by atoms with E-state index in [0.717, 1.165) is 0 Å². The van der Waals surface area contributed by atoms with Crippen LogP contribution in [0, 0.1) is 0 Å². The summed E-state index contributed by atoms with van der Waals surface area (Å²) in [5.74, 6) is -0.318. The summed E-state index contributed by atoms with van der Waals surface area (Å²) in [6, 6.07) is 29.8. The van der Waals surface area contributed by atoms with Crippen molar-refractivity contribution in [3.8, 4) is 0 Å². The van der Waals surface area contributed by atoms with Crippen LogP contribution in [0.3, 0.4) is 0 Å². The fourth-order valence-electron chi connectivity index (χ4n) is 3.46. The first kappa shape index (κ1) is 24.1. The Morgan fingerprint density at radius 2 is 0.909 bits per heavy atom. The van der Waals surface area contributed by atoms with E-state index in [2.05, 4.69) is 0 Å². The van der Waals surface area contributed by atoms with Gasteiger partial charge in [-0.3, -0.25) is 0 Å². The van der Waals surface area contributed by atoms with Crippen molar-refractivity contribution in [3.63, 3.8) is 0 Å². The summed E-state index contributed by atoms with van der Waals surface area (Å²) in [5.41, 5.74) is 0.600. The smallest absolute Gasteiger partial charge is 0.206 e. The molecule has 170 valence electrons. The third-order valence-electron chi connectivity index (χ3n) is 4.83. The Labute approximate surface area is 210 Å². The van der Waals surface area contributed by atoms with Gasteiger partial charge in [0.25, 0.3) is 10.1 Å². The molecule has 4 aromatic rings. The van der Waals surface area contributed by atoms with Crippen molar-refractivity contribution in [2.45, 2.75) is 20.4 Å². The Hall–Kier alpha value is -1.99. The number of halogens is 3. The van der Waals surface area contributed by atoms with Gasteiger partial charge in [0.05, 0.1) is 15.1 Å². The number of benzene rings is 4. The lowest BCUT2D eigenvalue weighted by molar-refractivity contribution is 0.507. The number of hydrogen-bond donors (Lipinski definition) is 0. The van der Waals surface area contributed by atoms with Crippen molar-refractivity contribution in [1.29, 1.82) is 0 Å². The Balaban J connectivity index is 2.03. The molecule has 8 heteroatoms. The van der Waals surface area contributed by atoms with Gasteiger partial charge in [-0.2, -0.15) is 8.42 Å². The van der Waals surface area contributed by atoms with Crippen molar-refractivity contribution in [2.24, 2.45) is 0 Å². The maximum atomic E-state index is 13.5. The number of rotatable bonds is 7. The standard InChI is InChI=1S/C25H19Cl3O3S2/c26-20-12-4-7-15-23(20)33(24-16-8-5-13-21(24)27,25-17-9-6-14-22(25)28)31-32(29,30)18-19-10-2-1-3-11-19/h1-17H,18H2. The van der Waals surface area contributed by atoms with Crippen LogP contribution in [-0.2, 0) is 19.5 Å². The predicted molar refractivity (Wildman–Crippen MR) is 137 cm³/mol. The van der Waals surface area contributed by atoms with Crippen LogP contribution in [0.25, 0.3) is 0 Å². The van der Waals surface area contributed by atoms with E-state index in [9.17, 15) is 8.42 Å². The lowest BCUT2D eigenvalue weighted by atomic mass is 10.2. The van der Waals surface area contributed by atoms with Gasteiger partial charge in [0.2, 0.25) is 0 Å². The van der Waals surface area contributed by atoms with Crippen LogP contribution < -0.4 is 0 Å². The van der Waals surface area contributed by atoms with E-state index >= 15 is 0 Å². The van der Waals surface area contributed by atoms with Gasteiger partial charge < -0.3 is 0 Å². The Morgan fingerprint density at radius 1 is 0.545 bits per heavy atom. The molecular formula is C25H19Cl3O3S2. The summed E-state index contributed by atoms with van der Waals surface area (Å²) >= 11 is 20.0. The molecule has 0 radical (unpaired) electrons. The third kappa shape index (κ3) is 5.09. The van der Waals surface area contributed by atoms with Crippen molar-refractivity contribution >= 4 is 55.2 Å². The van der Waals surface area contributed by atoms with E-state index < -0.39 is 20.4 Å². The van der Waals surface area contributed by atoms with Crippen LogP contribution in [0.1, 0.15) is 5.56 Å². The van der Waals surface area contributed by atoms with E-state index in [1.165, 1.54) is 0 Å². The molecule has 0 bridgehead atoms. The molecule has 4 rings (SSSR count). The molecule has 0 saturated heterocycles. The lowest BCUT2D eigenvalue weighted by Crippen LogP contribution is -2.16. The second-order valence-electron chi connectivity index (χ2n) is 7.10. The number of hydrogen-bond acceptors (Lipinski definition) is 3. The monoisotopic (exact) mass is 536 g/mol. The molecule has 4 aromatic carbocycles. The second-order valence-corrected chi connectivity index (χ2v) is 12.7. The average Bonchev–Trinajstić information content (AvgIpc) is 2.79. The van der Waals surface area contributed by atoms with Crippen molar-refractivity contribution < 1.29 is 12.0 Å². The fourth-order valence-corrected chi connectivity index (χ4v) is 10.3. The molecule has 0 saturated carbocycles. The quantitative estimate of drug-likeness (QED) is 0.238. The molecule has 33 heavy (non-hydrogen) atoms. The van der Waals surface area contributed by atoms with Gasteiger partial charge in [-0.1, -0.05) is 102 Å². The topological polar surface area (TPSA) is 43.4 Å². The lowest BCUT2D eigenvalue weighted by Gasteiger charge is -2.40. The molecule has 0 aromatic heterocycles. The first-order valence-electron chi connectivity index (χ1n) is 9.88. The summed E-state index contributed by atoms with van der Waals surface area (Å²) in [4.78, 5) is 1.47. The summed E-state index contributed by atoms with van der Waals surface area (Å²) in [6.07, 6.45) is 0. The zero-order chi connectivity index (χ0) is 23.5. The highest BCUT2D eigenvalue weighted by atomic mass is 35.5. The molecule has 0 aliphatic rings. The first-order chi connectivity index (χ1) is 15.8. The molecule has 0 amide bonds. The highest BCUT2D eigenvalue weighted by Crippen LogP contribution is 2.73. The molecule has 0 aliphatic heterocycles. The first-order valence-corrected chi connectivity index (χ1v) is 14.2. The fraction of sp³-hybridized carbons (Fsp3) is 0.0400. The summed E-state index contributed by atoms with van der Waals surface area (Å²) < 4.78 is 33.3. The zero-order valence-corrected chi connectivity index (χ0v) is 21.1. The van der Waals surface area contributed by atoms with Crippen LogP contribution in [0.2, 0.25) is 15.1 Å². The zero-order valence-electron chi connectivity index (χ0n) is 17.2. The minimum atomic E-state index is -4.13. The normalized spacial score (nSPS) is 12.5. The van der Waals surface area contributed by atoms with Gasteiger partial charge >= 0.3 is 0 Å². The second kappa shape index (κ2) is 10.1. The molecule has 0 unspecified atom stereocenters. The maximum Gasteiger partial charge on any atom is 0.281 e. The van der Waals surface area contributed by atoms with Crippen LogP contribution in [0.5, 0.6) is 0 Å². The van der Waals surface area contributed by atoms with E-state index in [0.29, 0.717) is 35.3 Å². The van der Waals surface area contributed by atoms with E-state index in [1.807, 2.05) is 6.07 Å². The summed E-state index contributed by atoms with van der Waals surface area (Å²) in [6.45, 7) is 0. The molecule has 0 spiro atoms. The largest absolute Gasteiger partial charge is 0.281 e. The van der Waals surface area contributed by atoms with Crippen LogP contribution in [0.4, 0.5) is 0 Å². The maximum absolute atomic E-state index is 13.5. The van der Waals surface area contributed by atoms with E-state index in [-0.39, 0.29) is 5.75 Å². The predicted octanol–water partition coefficient (Wildman–Crippen LogP) is 8.39. The molecule has 0 fully saturated rings. The third-order valence-corrected chi connectivity index (χ3v) is 11.4. The van der Waals surface area contributed by atoms with E-state index in [1.54, 1.807) is 97.1 Å². The van der Waals surface area contributed by atoms with Gasteiger partial charge in [-0.15, -0.1) is 0 Å². The Bertz CT molecular complexity index is 1270. The molecule has 0 heterocycles. The van der Waals surface area contributed by atoms with Crippen molar-refractivity contribution in [3.05, 3.63) is 124 Å². The van der Waals surface area contributed by atoms with Gasteiger partial charge in [-0.05, 0) is 52.3 Å². The molecular weight excluding hydrogens is 519 g/mol. The minimum absolute atomic E-state index is 0.318. The van der Waals surface area contributed by atoms with Gasteiger partial charge in [-0.25, -0.2) is 3.63 Å². The molecule has 3 nitrogen and oxygen atoms in total. The Morgan fingerprint density at radius 3 is 1.30 bits per heavy atom. The van der Waals surface area contributed by atoms with Gasteiger partial charge in [0.15, 0.2) is 0 Å². The summed E-state index contributed by atoms with van der Waals surface area (Å²) in [7, 11) is -7.11. The van der Waals surface area contributed by atoms with Gasteiger partial charge in [0, 0.05) is 14.7 Å². The highest BCUT2D eigenvalue weighted by Gasteiger charge is 2.41. The average molecular weight is 538 g/mol. The minimum Gasteiger partial charge on any atom is -0.206 e. The molecule has 0 N–H and O–H groups in total. The van der Waals surface area contributed by atoms with Gasteiger partial charge in [0.1, 0.15) is 5.75 Å². The SMILES string of the molecule is O=S(=O)(Cc1ccccc1)OS(c1ccccc1Cl)(c1ccccc1Cl)c1ccccc1Cl. The summed E-state index contributed by atoms with van der Waals surface area (Å²) in [5, 5.41) is 1.05. The Kier molecular flexibility index (Phi) is 7.39. The highest BCUT2D eigenvalue weighted by molar-refractivity contribution is 8.33. The van der Waals surface area contributed by atoms with Crippen LogP contribution in [0.15, 0.2) is 118 Å². The molecule has 0 aliphatic carbocycles. The van der Waals surface area contributed by atoms with Crippen molar-refractivity contribution in [1.82, 2.24) is 0 Å². The van der Waals surface area contributed by atoms with Crippen molar-refractivity contribution in [2.75, 3.05) is 0 Å².